The van der Waals surface area contributed by atoms with Crippen molar-refractivity contribution in [2.24, 2.45) is 10.4 Å². The van der Waals surface area contributed by atoms with Crippen LogP contribution >= 0.6 is 24.0 Å². The number of nitrogens with zero attached hydrogens (tertiary/aromatic N) is 3. The van der Waals surface area contributed by atoms with Crippen LogP contribution in [0.5, 0.6) is 0 Å². The van der Waals surface area contributed by atoms with Gasteiger partial charge in [0.1, 0.15) is 0 Å². The quantitative estimate of drug-likeness (QED) is 0.307. The number of benzene rings is 1. The van der Waals surface area contributed by atoms with Gasteiger partial charge in [0.2, 0.25) is 5.91 Å². The highest BCUT2D eigenvalue weighted by molar-refractivity contribution is 14.0. The molecule has 1 amide bonds. The van der Waals surface area contributed by atoms with E-state index in [1.54, 1.807) is 0 Å². The van der Waals surface area contributed by atoms with E-state index in [0.29, 0.717) is 6.42 Å². The first-order valence-electron chi connectivity index (χ1n) is 9.64. The molecular formula is C21H33IN4O. The minimum atomic E-state index is 0. The lowest BCUT2D eigenvalue weighted by atomic mass is 9.65. The van der Waals surface area contributed by atoms with Gasteiger partial charge in [-0.05, 0) is 38.3 Å². The van der Waals surface area contributed by atoms with Crippen LogP contribution in [-0.2, 0) is 11.2 Å². The standard InChI is InChI=1S/C21H32N4O.HI/c1-20(2)15-25(21(20,3)4)19(22-5)23-13-8-11-18(26)24-14-12-16-9-6-7-10-17(16)24;/h6-7,9-10H,8,11-15H2,1-5H3,(H,22,23);1H. The van der Waals surface area contributed by atoms with E-state index in [-0.39, 0.29) is 40.8 Å². The molecule has 0 aliphatic carbocycles. The van der Waals surface area contributed by atoms with Crippen molar-refractivity contribution in [3.05, 3.63) is 29.8 Å². The van der Waals surface area contributed by atoms with Crippen molar-refractivity contribution in [3.8, 4) is 0 Å². The van der Waals surface area contributed by atoms with E-state index in [0.717, 1.165) is 44.1 Å². The lowest BCUT2D eigenvalue weighted by molar-refractivity contribution is -0.118. The average molecular weight is 484 g/mol. The third-order valence-electron chi connectivity index (χ3n) is 6.39. The van der Waals surface area contributed by atoms with Gasteiger partial charge in [0.15, 0.2) is 5.96 Å². The number of hydrogen-bond acceptors (Lipinski definition) is 2. The molecule has 0 spiro atoms. The summed E-state index contributed by atoms with van der Waals surface area (Å²) in [6.07, 6.45) is 2.34. The van der Waals surface area contributed by atoms with Gasteiger partial charge in [0.25, 0.3) is 0 Å². The van der Waals surface area contributed by atoms with E-state index in [2.05, 4.69) is 49.0 Å². The van der Waals surface area contributed by atoms with Crippen LogP contribution in [0, 0.1) is 5.41 Å². The van der Waals surface area contributed by atoms with Crippen LogP contribution in [0.25, 0.3) is 0 Å². The first-order valence-corrected chi connectivity index (χ1v) is 9.64. The Balaban J connectivity index is 0.00000261. The van der Waals surface area contributed by atoms with Crippen LogP contribution in [0.15, 0.2) is 29.3 Å². The molecule has 0 radical (unpaired) electrons. The molecule has 0 bridgehead atoms. The van der Waals surface area contributed by atoms with Crippen molar-refractivity contribution in [3.63, 3.8) is 0 Å². The maximum absolute atomic E-state index is 12.6. The number of amides is 1. The Labute approximate surface area is 180 Å². The molecule has 0 saturated carbocycles. The summed E-state index contributed by atoms with van der Waals surface area (Å²) < 4.78 is 0. The zero-order valence-electron chi connectivity index (χ0n) is 17.2. The Morgan fingerprint density at radius 3 is 2.56 bits per heavy atom. The zero-order chi connectivity index (χ0) is 18.9. The molecule has 1 saturated heterocycles. The van der Waals surface area contributed by atoms with Crippen LogP contribution in [0.1, 0.15) is 46.1 Å². The molecule has 0 aromatic heterocycles. The van der Waals surface area contributed by atoms with Crippen molar-refractivity contribution < 1.29 is 4.79 Å². The minimum absolute atomic E-state index is 0. The van der Waals surface area contributed by atoms with Crippen LogP contribution in [-0.4, -0.2) is 49.0 Å². The molecule has 27 heavy (non-hydrogen) atoms. The Bertz CT molecular complexity index is 714. The molecule has 1 fully saturated rings. The van der Waals surface area contributed by atoms with Gasteiger partial charge in [-0.2, -0.15) is 0 Å². The van der Waals surface area contributed by atoms with E-state index in [1.807, 2.05) is 30.1 Å². The van der Waals surface area contributed by atoms with E-state index >= 15 is 0 Å². The number of fused-ring (bicyclic) bond motifs is 1. The number of carbonyl (C=O) groups excluding carboxylic acids is 1. The molecule has 150 valence electrons. The fourth-order valence-corrected chi connectivity index (χ4v) is 3.87. The Morgan fingerprint density at radius 1 is 1.22 bits per heavy atom. The predicted octanol–water partition coefficient (Wildman–Crippen LogP) is 3.67. The summed E-state index contributed by atoms with van der Waals surface area (Å²) in [5.41, 5.74) is 2.74. The number of hydrogen-bond donors (Lipinski definition) is 1. The van der Waals surface area contributed by atoms with E-state index in [9.17, 15) is 4.79 Å². The smallest absolute Gasteiger partial charge is 0.227 e. The largest absolute Gasteiger partial charge is 0.356 e. The van der Waals surface area contributed by atoms with Crippen molar-refractivity contribution in [2.45, 2.75) is 52.5 Å². The predicted molar refractivity (Wildman–Crippen MR) is 123 cm³/mol. The van der Waals surface area contributed by atoms with Gasteiger partial charge >= 0.3 is 0 Å². The molecule has 5 nitrogen and oxygen atoms in total. The molecule has 0 atom stereocenters. The van der Waals surface area contributed by atoms with Crippen molar-refractivity contribution in [1.29, 1.82) is 0 Å². The highest BCUT2D eigenvalue weighted by Gasteiger charge is 2.53. The lowest BCUT2D eigenvalue weighted by Crippen LogP contribution is -2.72. The molecule has 6 heteroatoms. The Hall–Kier alpha value is -1.31. The van der Waals surface area contributed by atoms with Crippen molar-refractivity contribution in [2.75, 3.05) is 31.6 Å². The summed E-state index contributed by atoms with van der Waals surface area (Å²) in [6, 6.07) is 8.21. The molecule has 1 aromatic carbocycles. The normalized spacial score (nSPS) is 19.8. The van der Waals surface area contributed by atoms with Gasteiger partial charge < -0.3 is 15.1 Å². The fourth-order valence-electron chi connectivity index (χ4n) is 3.87. The SMILES string of the molecule is CN=C(NCCCC(=O)N1CCc2ccccc21)N1CC(C)(C)C1(C)C.I. The first-order chi connectivity index (χ1) is 12.3. The molecular weight excluding hydrogens is 451 g/mol. The monoisotopic (exact) mass is 484 g/mol. The van der Waals surface area contributed by atoms with Crippen molar-refractivity contribution in [1.82, 2.24) is 10.2 Å². The molecule has 2 aliphatic heterocycles. The number of rotatable bonds is 4. The van der Waals surface area contributed by atoms with Gasteiger partial charge in [0.05, 0.1) is 0 Å². The van der Waals surface area contributed by atoms with E-state index < -0.39 is 0 Å². The van der Waals surface area contributed by atoms with Gasteiger partial charge in [-0.3, -0.25) is 9.79 Å². The molecule has 2 aliphatic rings. The second kappa shape index (κ2) is 8.37. The van der Waals surface area contributed by atoms with Gasteiger partial charge in [0, 0.05) is 49.7 Å². The van der Waals surface area contributed by atoms with Crippen LogP contribution in [0.4, 0.5) is 5.69 Å². The summed E-state index contributed by atoms with van der Waals surface area (Å²) in [5.74, 6) is 1.16. The molecule has 1 aromatic rings. The molecule has 2 heterocycles. The van der Waals surface area contributed by atoms with E-state index in [1.165, 1.54) is 5.56 Å². The zero-order valence-corrected chi connectivity index (χ0v) is 19.5. The summed E-state index contributed by atoms with van der Waals surface area (Å²) in [5, 5.41) is 3.44. The number of guanidine groups is 1. The Morgan fingerprint density at radius 2 is 1.93 bits per heavy atom. The number of aliphatic imine (C=N–C) groups is 1. The number of nitrogens with one attached hydrogen (secondary N) is 1. The summed E-state index contributed by atoms with van der Waals surface area (Å²) in [4.78, 5) is 21.3. The van der Waals surface area contributed by atoms with Gasteiger partial charge in [-0.25, -0.2) is 0 Å². The molecule has 0 unspecified atom stereocenters. The number of likely N-dealkylation sites (tertiary alicyclic amines) is 1. The first kappa shape index (κ1) is 22.0. The molecule has 3 rings (SSSR count). The second-order valence-corrected chi connectivity index (χ2v) is 8.53. The lowest BCUT2D eigenvalue weighted by Gasteiger charge is -2.62. The second-order valence-electron chi connectivity index (χ2n) is 8.53. The number of para-hydroxylation sites is 1. The maximum atomic E-state index is 12.6. The number of carbonyl (C=O) groups is 1. The van der Waals surface area contributed by atoms with Crippen LogP contribution in [0.3, 0.4) is 0 Å². The third-order valence-corrected chi connectivity index (χ3v) is 6.39. The number of anilines is 1. The van der Waals surface area contributed by atoms with E-state index in [4.69, 9.17) is 0 Å². The van der Waals surface area contributed by atoms with Gasteiger partial charge in [-0.1, -0.05) is 32.0 Å². The number of halogens is 1. The highest BCUT2D eigenvalue weighted by Crippen LogP contribution is 2.46. The Kier molecular flexibility index (Phi) is 6.81. The van der Waals surface area contributed by atoms with Crippen molar-refractivity contribution >= 4 is 41.5 Å². The third kappa shape index (κ3) is 4.10. The van der Waals surface area contributed by atoms with Crippen LogP contribution < -0.4 is 10.2 Å². The van der Waals surface area contributed by atoms with Crippen LogP contribution in [0.2, 0.25) is 0 Å². The summed E-state index contributed by atoms with van der Waals surface area (Å²) >= 11 is 0. The summed E-state index contributed by atoms with van der Waals surface area (Å²) in [7, 11) is 1.83. The average Bonchev–Trinajstić information content (AvgIpc) is 3.04. The maximum Gasteiger partial charge on any atom is 0.227 e. The fraction of sp³-hybridized carbons (Fsp3) is 0.619. The topological polar surface area (TPSA) is 47.9 Å². The van der Waals surface area contributed by atoms with Gasteiger partial charge in [-0.15, -0.1) is 24.0 Å². The molecule has 1 N–H and O–H groups in total. The summed E-state index contributed by atoms with van der Waals surface area (Å²) in [6.45, 7) is 11.7. The minimum Gasteiger partial charge on any atom is -0.356 e. The highest BCUT2D eigenvalue weighted by atomic mass is 127.